The highest BCUT2D eigenvalue weighted by Gasteiger charge is 2.33. The van der Waals surface area contributed by atoms with E-state index in [0.717, 1.165) is 35.8 Å². The van der Waals surface area contributed by atoms with E-state index in [2.05, 4.69) is 15.5 Å². The molecular formula is C25H21F3N4OS. The van der Waals surface area contributed by atoms with Crippen molar-refractivity contribution in [3.63, 3.8) is 0 Å². The molecule has 1 N–H and O–H groups in total. The number of hydrogen-bond acceptors (Lipinski definition) is 4. The Balaban J connectivity index is 1.50. The van der Waals surface area contributed by atoms with E-state index in [0.29, 0.717) is 11.6 Å². The summed E-state index contributed by atoms with van der Waals surface area (Å²) in [7, 11) is 0. The molecule has 0 aliphatic rings. The van der Waals surface area contributed by atoms with Gasteiger partial charge in [-0.2, -0.15) is 13.2 Å². The average Bonchev–Trinajstić information content (AvgIpc) is 3.25. The van der Waals surface area contributed by atoms with Crippen LogP contribution in [-0.4, -0.2) is 26.4 Å². The second kappa shape index (κ2) is 10.6. The lowest BCUT2D eigenvalue weighted by Crippen LogP contribution is -2.18. The third-order valence-electron chi connectivity index (χ3n) is 5.03. The fraction of sp³-hybridized carbons (Fsp3) is 0.160. The van der Waals surface area contributed by atoms with Crippen LogP contribution in [0.25, 0.3) is 5.69 Å². The number of nitrogens with one attached hydrogen (secondary N) is 1. The van der Waals surface area contributed by atoms with Crippen molar-refractivity contribution >= 4 is 23.4 Å². The van der Waals surface area contributed by atoms with Crippen LogP contribution in [0.4, 0.5) is 18.9 Å². The number of rotatable bonds is 8. The second-order valence-electron chi connectivity index (χ2n) is 7.44. The first-order valence-electron chi connectivity index (χ1n) is 10.5. The Morgan fingerprint density at radius 2 is 1.50 bits per heavy atom. The summed E-state index contributed by atoms with van der Waals surface area (Å²) in [6.07, 6.45) is -3.15. The van der Waals surface area contributed by atoms with E-state index in [-0.39, 0.29) is 11.4 Å². The van der Waals surface area contributed by atoms with Gasteiger partial charge in [0.25, 0.3) is 0 Å². The molecule has 0 atom stereocenters. The summed E-state index contributed by atoms with van der Waals surface area (Å²) in [6.45, 7) is 0. The molecule has 0 unspecified atom stereocenters. The molecular weight excluding hydrogens is 461 g/mol. The van der Waals surface area contributed by atoms with E-state index >= 15 is 0 Å². The van der Waals surface area contributed by atoms with Gasteiger partial charge < -0.3 is 5.32 Å². The summed E-state index contributed by atoms with van der Waals surface area (Å²) in [5, 5.41) is 11.4. The van der Waals surface area contributed by atoms with Gasteiger partial charge in [-0.15, -0.1) is 10.2 Å². The van der Waals surface area contributed by atoms with Gasteiger partial charge in [0.05, 0.1) is 17.0 Å². The fourth-order valence-corrected chi connectivity index (χ4v) is 4.22. The number of thioether (sulfide) groups is 1. The van der Waals surface area contributed by atoms with E-state index < -0.39 is 17.6 Å². The average molecular weight is 483 g/mol. The maximum absolute atomic E-state index is 13.2. The van der Waals surface area contributed by atoms with Crippen molar-refractivity contribution in [3.05, 3.63) is 102 Å². The lowest BCUT2D eigenvalue weighted by Gasteiger charge is -2.13. The summed E-state index contributed by atoms with van der Waals surface area (Å²) in [5.74, 6) is 0.0612. The smallest absolute Gasteiger partial charge is 0.325 e. The molecule has 34 heavy (non-hydrogen) atoms. The van der Waals surface area contributed by atoms with E-state index in [9.17, 15) is 18.0 Å². The molecule has 0 aliphatic heterocycles. The Morgan fingerprint density at radius 1 is 0.853 bits per heavy atom. The van der Waals surface area contributed by atoms with Crippen molar-refractivity contribution < 1.29 is 18.0 Å². The first-order valence-corrected chi connectivity index (χ1v) is 11.5. The minimum absolute atomic E-state index is 0.115. The summed E-state index contributed by atoms with van der Waals surface area (Å²) >= 11 is 1.12. The molecule has 9 heteroatoms. The predicted octanol–water partition coefficient (Wildman–Crippen LogP) is 5.80. The second-order valence-corrected chi connectivity index (χ2v) is 8.38. The molecule has 3 aromatic carbocycles. The summed E-state index contributed by atoms with van der Waals surface area (Å²) < 4.78 is 41.5. The molecule has 4 rings (SSSR count). The summed E-state index contributed by atoms with van der Waals surface area (Å²) in [5.41, 5.74) is 0.862. The number of halogens is 3. The normalized spacial score (nSPS) is 11.4. The number of hydrogen-bond donors (Lipinski definition) is 1. The first-order chi connectivity index (χ1) is 16.4. The van der Waals surface area contributed by atoms with Gasteiger partial charge in [-0.3, -0.25) is 9.36 Å². The Labute approximate surface area is 199 Å². The zero-order chi connectivity index (χ0) is 24.0. The third kappa shape index (κ3) is 5.85. The lowest BCUT2D eigenvalue weighted by molar-refractivity contribution is -0.137. The number of aromatic nitrogens is 3. The van der Waals surface area contributed by atoms with Gasteiger partial charge in [-0.25, -0.2) is 0 Å². The van der Waals surface area contributed by atoms with Crippen LogP contribution >= 0.6 is 11.8 Å². The predicted molar refractivity (Wildman–Crippen MR) is 126 cm³/mol. The highest BCUT2D eigenvalue weighted by atomic mass is 32.2. The van der Waals surface area contributed by atoms with Gasteiger partial charge in [0, 0.05) is 12.1 Å². The van der Waals surface area contributed by atoms with Gasteiger partial charge in [-0.05, 0) is 36.2 Å². The molecule has 1 heterocycles. The van der Waals surface area contributed by atoms with Gasteiger partial charge in [-0.1, -0.05) is 72.4 Å². The quantitative estimate of drug-likeness (QED) is 0.323. The zero-order valence-corrected chi connectivity index (χ0v) is 18.8. The van der Waals surface area contributed by atoms with Gasteiger partial charge in [0.15, 0.2) is 5.16 Å². The number of para-hydroxylation sites is 2. The van der Waals surface area contributed by atoms with Crippen molar-refractivity contribution in [2.24, 2.45) is 0 Å². The highest BCUT2D eigenvalue weighted by molar-refractivity contribution is 7.99. The number of alkyl halides is 3. The number of carbonyl (C=O) groups excluding carboxylic acids is 1. The van der Waals surface area contributed by atoms with E-state index in [1.54, 1.807) is 0 Å². The molecule has 0 bridgehead atoms. The number of carbonyl (C=O) groups is 1. The molecule has 4 aromatic rings. The Morgan fingerprint density at radius 3 is 2.21 bits per heavy atom. The topological polar surface area (TPSA) is 59.8 Å². The number of nitrogens with zero attached hydrogens (tertiary/aromatic N) is 3. The van der Waals surface area contributed by atoms with Crippen LogP contribution in [0.5, 0.6) is 0 Å². The molecule has 0 fully saturated rings. The largest absolute Gasteiger partial charge is 0.418 e. The van der Waals surface area contributed by atoms with Crippen LogP contribution in [0.15, 0.2) is 90.1 Å². The molecule has 1 aromatic heterocycles. The Bertz CT molecular complexity index is 1240. The van der Waals surface area contributed by atoms with Crippen molar-refractivity contribution in [2.75, 3.05) is 11.1 Å². The van der Waals surface area contributed by atoms with Crippen molar-refractivity contribution in [3.8, 4) is 5.69 Å². The van der Waals surface area contributed by atoms with Gasteiger partial charge in [0.1, 0.15) is 5.82 Å². The molecule has 1 amide bonds. The van der Waals surface area contributed by atoms with Gasteiger partial charge in [0.2, 0.25) is 5.91 Å². The molecule has 5 nitrogen and oxygen atoms in total. The van der Waals surface area contributed by atoms with Crippen LogP contribution < -0.4 is 5.32 Å². The van der Waals surface area contributed by atoms with E-state index in [1.807, 2.05) is 65.2 Å². The molecule has 0 aliphatic carbocycles. The molecule has 174 valence electrons. The van der Waals surface area contributed by atoms with Crippen LogP contribution in [0, 0.1) is 0 Å². The van der Waals surface area contributed by atoms with Gasteiger partial charge >= 0.3 is 6.18 Å². The lowest BCUT2D eigenvalue weighted by atomic mass is 10.1. The third-order valence-corrected chi connectivity index (χ3v) is 5.96. The molecule has 0 spiro atoms. The summed E-state index contributed by atoms with van der Waals surface area (Å²) in [4.78, 5) is 12.5. The highest BCUT2D eigenvalue weighted by Crippen LogP contribution is 2.34. The Kier molecular flexibility index (Phi) is 7.32. The number of aryl methyl sites for hydroxylation is 2. The SMILES string of the molecule is O=C(CSc1nnc(CCc2ccccc2)n1-c1ccccc1)Nc1ccccc1C(F)(F)F. The first kappa shape index (κ1) is 23.6. The van der Waals surface area contributed by atoms with Crippen molar-refractivity contribution in [2.45, 2.75) is 24.2 Å². The molecule has 0 radical (unpaired) electrons. The van der Waals surface area contributed by atoms with E-state index in [1.165, 1.54) is 23.8 Å². The van der Waals surface area contributed by atoms with Crippen molar-refractivity contribution in [1.82, 2.24) is 14.8 Å². The van der Waals surface area contributed by atoms with Crippen LogP contribution in [0.2, 0.25) is 0 Å². The van der Waals surface area contributed by atoms with E-state index in [4.69, 9.17) is 0 Å². The number of anilines is 1. The minimum Gasteiger partial charge on any atom is -0.325 e. The number of benzene rings is 3. The van der Waals surface area contributed by atoms with Crippen LogP contribution in [-0.2, 0) is 23.8 Å². The van der Waals surface area contributed by atoms with Crippen LogP contribution in [0.3, 0.4) is 0 Å². The maximum Gasteiger partial charge on any atom is 0.418 e. The molecule has 0 saturated carbocycles. The van der Waals surface area contributed by atoms with Crippen LogP contribution in [0.1, 0.15) is 17.0 Å². The molecule has 0 saturated heterocycles. The maximum atomic E-state index is 13.2. The minimum atomic E-state index is -4.56. The van der Waals surface area contributed by atoms with Crippen molar-refractivity contribution in [1.29, 1.82) is 0 Å². The summed E-state index contributed by atoms with van der Waals surface area (Å²) in [6, 6.07) is 24.4. The fourth-order valence-electron chi connectivity index (χ4n) is 3.45. The Hall–Kier alpha value is -3.59. The monoisotopic (exact) mass is 482 g/mol. The number of amides is 1. The standard InChI is InChI=1S/C25H21F3N4OS/c26-25(27,28)20-13-7-8-14-21(20)29-23(33)17-34-24-31-30-22(16-15-18-9-3-1-4-10-18)32(24)19-11-5-2-6-12-19/h1-14H,15-17H2,(H,29,33). The zero-order valence-electron chi connectivity index (χ0n) is 18.0.